The van der Waals surface area contributed by atoms with Gasteiger partial charge in [0.15, 0.2) is 0 Å². The molecule has 0 saturated heterocycles. The average Bonchev–Trinajstić information content (AvgIpc) is 2.65. The second-order valence-corrected chi connectivity index (χ2v) is 6.86. The quantitative estimate of drug-likeness (QED) is 0.895. The average molecular weight is 321 g/mol. The smallest absolute Gasteiger partial charge is 0.232 e. The number of hydrogen-bond donors (Lipinski definition) is 1. The number of carbonyl (C=O) groups is 1. The number of benzene rings is 2. The van der Waals surface area contributed by atoms with E-state index in [0.717, 1.165) is 29.2 Å². The lowest BCUT2D eigenvalue weighted by atomic mass is 9.86. The zero-order valence-corrected chi connectivity index (χ0v) is 13.8. The zero-order valence-electron chi connectivity index (χ0n) is 13.8. The van der Waals surface area contributed by atoms with Crippen molar-refractivity contribution in [3.63, 3.8) is 0 Å². The molecule has 0 radical (unpaired) electrons. The van der Waals surface area contributed by atoms with E-state index in [1.165, 1.54) is 32.1 Å². The molecule has 3 nitrogen and oxygen atoms in total. The molecule has 2 aromatic carbocycles. The minimum absolute atomic E-state index is 0.0868. The summed E-state index contributed by atoms with van der Waals surface area (Å²) in [6.45, 7) is 0.792. The summed E-state index contributed by atoms with van der Waals surface area (Å²) in [5, 5.41) is 3.21. The molecule has 1 saturated carbocycles. The molecule has 0 atom stereocenters. The Morgan fingerprint density at radius 2 is 1.50 bits per heavy atom. The maximum absolute atomic E-state index is 13.0. The summed E-state index contributed by atoms with van der Waals surface area (Å²) in [4.78, 5) is 13.0. The Hall–Kier alpha value is -2.29. The zero-order chi connectivity index (χ0) is 16.4. The Labute approximate surface area is 143 Å². The Kier molecular flexibility index (Phi) is 4.24. The first-order valence-corrected chi connectivity index (χ1v) is 8.96. The van der Waals surface area contributed by atoms with E-state index in [9.17, 15) is 4.79 Å². The molecule has 2 aliphatic rings. The van der Waals surface area contributed by atoms with Crippen molar-refractivity contribution in [2.75, 3.05) is 6.54 Å². The third-order valence-corrected chi connectivity index (χ3v) is 5.23. The van der Waals surface area contributed by atoms with E-state index in [4.69, 9.17) is 4.74 Å². The highest BCUT2D eigenvalue weighted by Crippen LogP contribution is 2.43. The summed E-state index contributed by atoms with van der Waals surface area (Å²) >= 11 is 0. The van der Waals surface area contributed by atoms with E-state index in [1.807, 2.05) is 48.5 Å². The molecule has 1 aliphatic carbocycles. The van der Waals surface area contributed by atoms with Gasteiger partial charge < -0.3 is 10.1 Å². The van der Waals surface area contributed by atoms with Crippen molar-refractivity contribution in [1.82, 2.24) is 5.32 Å². The SMILES string of the molecule is O=C(NCC1CCCCC1)C1c2ccccc2Oc2ccccc21. The summed E-state index contributed by atoms with van der Waals surface area (Å²) in [6, 6.07) is 15.7. The lowest BCUT2D eigenvalue weighted by molar-refractivity contribution is -0.122. The van der Waals surface area contributed by atoms with Crippen molar-refractivity contribution in [3.05, 3.63) is 59.7 Å². The minimum atomic E-state index is -0.283. The fourth-order valence-corrected chi connectivity index (χ4v) is 3.93. The Morgan fingerprint density at radius 1 is 0.917 bits per heavy atom. The molecule has 1 N–H and O–H groups in total. The molecule has 0 aromatic heterocycles. The number of amides is 1. The molecule has 124 valence electrons. The van der Waals surface area contributed by atoms with Gasteiger partial charge >= 0.3 is 0 Å². The van der Waals surface area contributed by atoms with Gasteiger partial charge in [0.25, 0.3) is 0 Å². The van der Waals surface area contributed by atoms with Crippen LogP contribution in [0.25, 0.3) is 0 Å². The van der Waals surface area contributed by atoms with Crippen LogP contribution in [-0.2, 0) is 4.79 Å². The number of nitrogens with one attached hydrogen (secondary N) is 1. The largest absolute Gasteiger partial charge is 0.457 e. The number of carbonyl (C=O) groups excluding carboxylic acids is 1. The summed E-state index contributed by atoms with van der Waals surface area (Å²) in [7, 11) is 0. The molecule has 0 spiro atoms. The first kappa shape index (κ1) is 15.3. The topological polar surface area (TPSA) is 38.3 Å². The molecule has 2 aromatic rings. The summed E-state index contributed by atoms with van der Waals surface area (Å²) in [6.07, 6.45) is 6.40. The second-order valence-electron chi connectivity index (χ2n) is 6.86. The van der Waals surface area contributed by atoms with Crippen molar-refractivity contribution in [3.8, 4) is 11.5 Å². The molecule has 4 rings (SSSR count). The van der Waals surface area contributed by atoms with Crippen molar-refractivity contribution in [2.45, 2.75) is 38.0 Å². The third kappa shape index (κ3) is 2.91. The maximum Gasteiger partial charge on any atom is 0.232 e. The van der Waals surface area contributed by atoms with Crippen LogP contribution in [0.3, 0.4) is 0 Å². The first-order chi connectivity index (χ1) is 11.8. The van der Waals surface area contributed by atoms with Crippen LogP contribution in [0.5, 0.6) is 11.5 Å². The predicted octanol–water partition coefficient (Wildman–Crippen LogP) is 4.62. The van der Waals surface area contributed by atoms with E-state index < -0.39 is 0 Å². The lowest BCUT2D eigenvalue weighted by Gasteiger charge is -2.28. The summed E-state index contributed by atoms with van der Waals surface area (Å²) in [5.74, 6) is 2.01. The van der Waals surface area contributed by atoms with Crippen molar-refractivity contribution in [2.24, 2.45) is 5.92 Å². The van der Waals surface area contributed by atoms with Gasteiger partial charge in [-0.15, -0.1) is 0 Å². The van der Waals surface area contributed by atoms with Gasteiger partial charge in [0.1, 0.15) is 11.5 Å². The van der Waals surface area contributed by atoms with Gasteiger partial charge in [-0.2, -0.15) is 0 Å². The van der Waals surface area contributed by atoms with E-state index in [-0.39, 0.29) is 11.8 Å². The second kappa shape index (κ2) is 6.68. The van der Waals surface area contributed by atoms with Crippen LogP contribution in [0, 0.1) is 5.92 Å². The number of ether oxygens (including phenoxy) is 1. The number of fused-ring (bicyclic) bond motifs is 2. The van der Waals surface area contributed by atoms with Gasteiger partial charge in [0, 0.05) is 17.7 Å². The van der Waals surface area contributed by atoms with E-state index in [1.54, 1.807) is 0 Å². The van der Waals surface area contributed by atoms with Crippen LogP contribution >= 0.6 is 0 Å². The van der Waals surface area contributed by atoms with Crippen LogP contribution in [0.1, 0.15) is 49.1 Å². The molecule has 24 heavy (non-hydrogen) atoms. The van der Waals surface area contributed by atoms with Gasteiger partial charge in [-0.25, -0.2) is 0 Å². The van der Waals surface area contributed by atoms with Crippen LogP contribution in [-0.4, -0.2) is 12.5 Å². The maximum atomic E-state index is 13.0. The van der Waals surface area contributed by atoms with Crippen molar-refractivity contribution in [1.29, 1.82) is 0 Å². The lowest BCUT2D eigenvalue weighted by Crippen LogP contribution is -2.35. The molecule has 3 heteroatoms. The molecule has 1 fully saturated rings. The summed E-state index contributed by atoms with van der Waals surface area (Å²) in [5.41, 5.74) is 1.91. The van der Waals surface area contributed by atoms with Gasteiger partial charge in [-0.3, -0.25) is 4.79 Å². The Bertz CT molecular complexity index is 689. The van der Waals surface area contributed by atoms with Gasteiger partial charge in [-0.05, 0) is 30.9 Å². The Balaban J connectivity index is 1.58. The number of hydrogen-bond acceptors (Lipinski definition) is 2. The van der Waals surface area contributed by atoms with Crippen molar-refractivity contribution >= 4 is 5.91 Å². The van der Waals surface area contributed by atoms with Crippen LogP contribution in [0.4, 0.5) is 0 Å². The third-order valence-electron chi connectivity index (χ3n) is 5.23. The van der Waals surface area contributed by atoms with E-state index >= 15 is 0 Å². The molecule has 0 unspecified atom stereocenters. The normalized spacial score (nSPS) is 17.5. The highest BCUT2D eigenvalue weighted by Gasteiger charge is 2.32. The van der Waals surface area contributed by atoms with Gasteiger partial charge in [0.05, 0.1) is 5.92 Å². The highest BCUT2D eigenvalue weighted by atomic mass is 16.5. The number of para-hydroxylation sites is 2. The predicted molar refractivity (Wildman–Crippen MR) is 94.4 cm³/mol. The molecular formula is C21H23NO2. The standard InChI is InChI=1S/C21H23NO2/c23-21(22-14-15-8-2-1-3-9-15)20-16-10-4-6-12-18(16)24-19-13-7-5-11-17(19)20/h4-7,10-13,15,20H,1-3,8-9,14H2,(H,22,23). The molecule has 1 heterocycles. The van der Waals surface area contributed by atoms with Crippen LogP contribution < -0.4 is 10.1 Å². The fourth-order valence-electron chi connectivity index (χ4n) is 3.93. The van der Waals surface area contributed by atoms with Gasteiger partial charge in [0.2, 0.25) is 5.91 Å². The first-order valence-electron chi connectivity index (χ1n) is 8.96. The van der Waals surface area contributed by atoms with E-state index in [0.29, 0.717) is 5.92 Å². The molecule has 1 amide bonds. The molecule has 0 bridgehead atoms. The van der Waals surface area contributed by atoms with Crippen LogP contribution in [0.15, 0.2) is 48.5 Å². The number of rotatable bonds is 3. The Morgan fingerprint density at radius 3 is 2.12 bits per heavy atom. The van der Waals surface area contributed by atoms with Crippen molar-refractivity contribution < 1.29 is 9.53 Å². The highest BCUT2D eigenvalue weighted by molar-refractivity contribution is 5.89. The van der Waals surface area contributed by atoms with E-state index in [2.05, 4.69) is 5.32 Å². The summed E-state index contributed by atoms with van der Waals surface area (Å²) < 4.78 is 5.97. The molecule has 1 aliphatic heterocycles. The fraction of sp³-hybridized carbons (Fsp3) is 0.381. The van der Waals surface area contributed by atoms with Crippen LogP contribution in [0.2, 0.25) is 0 Å². The molecular weight excluding hydrogens is 298 g/mol. The minimum Gasteiger partial charge on any atom is -0.457 e. The van der Waals surface area contributed by atoms with Gasteiger partial charge in [-0.1, -0.05) is 55.7 Å². The monoisotopic (exact) mass is 321 g/mol.